The van der Waals surface area contributed by atoms with Crippen molar-refractivity contribution < 1.29 is 22.8 Å². The summed E-state index contributed by atoms with van der Waals surface area (Å²) < 4.78 is 47.0. The molecule has 0 radical (unpaired) electrons. The zero-order chi connectivity index (χ0) is 21.1. The smallest absolute Gasteiger partial charge is 0.168 e. The third-order valence-corrected chi connectivity index (χ3v) is 7.83. The quantitative estimate of drug-likeness (QED) is 0.718. The van der Waals surface area contributed by atoms with E-state index in [0.717, 1.165) is 31.2 Å². The van der Waals surface area contributed by atoms with Crippen molar-refractivity contribution in [1.29, 1.82) is 0 Å². The van der Waals surface area contributed by atoms with Crippen molar-refractivity contribution in [2.24, 2.45) is 0 Å². The Bertz CT molecular complexity index is 688. The maximum Gasteiger partial charge on any atom is 0.168 e. The average molecular weight is 428 g/mol. The second-order valence-electron chi connectivity index (χ2n) is 9.10. The summed E-state index contributed by atoms with van der Waals surface area (Å²) in [4.78, 5) is 0. The minimum Gasteiger partial charge on any atom is -0.385 e. The van der Waals surface area contributed by atoms with E-state index in [1.165, 1.54) is 12.1 Å². The van der Waals surface area contributed by atoms with Crippen LogP contribution in [-0.2, 0) is 30.6 Å². The van der Waals surface area contributed by atoms with Gasteiger partial charge in [-0.05, 0) is 57.7 Å². The van der Waals surface area contributed by atoms with Gasteiger partial charge >= 0.3 is 0 Å². The van der Waals surface area contributed by atoms with Crippen LogP contribution in [0.1, 0.15) is 58.4 Å². The van der Waals surface area contributed by atoms with Gasteiger partial charge in [0.1, 0.15) is 5.82 Å². The molecule has 1 aromatic rings. The molecule has 0 bridgehead atoms. The Balaban J connectivity index is 1.94. The molecule has 7 heteroatoms. The molecule has 1 spiro atoms. The van der Waals surface area contributed by atoms with Crippen LogP contribution in [0.15, 0.2) is 24.3 Å². The second-order valence-corrected chi connectivity index (χ2v) is 11.1. The van der Waals surface area contributed by atoms with E-state index >= 15 is 0 Å². The largest absolute Gasteiger partial charge is 0.385 e. The summed E-state index contributed by atoms with van der Waals surface area (Å²) in [5.41, 5.74) is 0.763. The molecule has 1 N–H and O–H groups in total. The first-order valence-corrected chi connectivity index (χ1v) is 11.6. The van der Waals surface area contributed by atoms with E-state index in [1.807, 2.05) is 32.9 Å². The Morgan fingerprint density at radius 3 is 2.24 bits per heavy atom. The van der Waals surface area contributed by atoms with Crippen LogP contribution >= 0.6 is 0 Å². The van der Waals surface area contributed by atoms with Gasteiger partial charge in [0.15, 0.2) is 5.79 Å². The van der Waals surface area contributed by atoms with Crippen molar-refractivity contribution in [3.63, 3.8) is 0 Å². The molecule has 2 aliphatic rings. The lowest BCUT2D eigenvalue weighted by Gasteiger charge is -2.49. The molecular formula is C22H34FNO4S. The molecule has 164 valence electrons. The topological polar surface area (TPSA) is 56.8 Å². The molecule has 0 aromatic heterocycles. The average Bonchev–Trinajstić information content (AvgIpc) is 3.14. The van der Waals surface area contributed by atoms with E-state index < -0.39 is 16.8 Å². The van der Waals surface area contributed by atoms with Crippen molar-refractivity contribution in [3.05, 3.63) is 35.6 Å². The monoisotopic (exact) mass is 427 g/mol. The Morgan fingerprint density at radius 1 is 1.14 bits per heavy atom. The van der Waals surface area contributed by atoms with Crippen LogP contribution in [0.2, 0.25) is 0 Å². The van der Waals surface area contributed by atoms with Crippen molar-refractivity contribution >= 4 is 11.0 Å². The molecule has 29 heavy (non-hydrogen) atoms. The first-order valence-electron chi connectivity index (χ1n) is 10.4. The van der Waals surface area contributed by atoms with Gasteiger partial charge in [0.25, 0.3) is 0 Å². The van der Waals surface area contributed by atoms with Crippen molar-refractivity contribution in [2.45, 2.75) is 74.9 Å². The fourth-order valence-corrected chi connectivity index (χ4v) is 5.43. The van der Waals surface area contributed by atoms with E-state index in [9.17, 15) is 8.60 Å². The van der Waals surface area contributed by atoms with E-state index in [4.69, 9.17) is 14.2 Å². The van der Waals surface area contributed by atoms with Gasteiger partial charge in [-0.25, -0.2) is 13.3 Å². The van der Waals surface area contributed by atoms with Crippen LogP contribution in [0.4, 0.5) is 4.39 Å². The highest BCUT2D eigenvalue weighted by Gasteiger charge is 2.50. The minimum atomic E-state index is -1.23. The molecule has 0 amide bonds. The van der Waals surface area contributed by atoms with Crippen molar-refractivity contribution in [3.8, 4) is 0 Å². The lowest BCUT2D eigenvalue weighted by molar-refractivity contribution is -0.186. The third kappa shape index (κ3) is 5.07. The zero-order valence-electron chi connectivity index (χ0n) is 18.0. The number of benzene rings is 1. The summed E-state index contributed by atoms with van der Waals surface area (Å²) in [6.07, 6.45) is 3.85. The van der Waals surface area contributed by atoms with Crippen LogP contribution in [0.5, 0.6) is 0 Å². The normalized spacial score (nSPS) is 23.2. The molecular weight excluding hydrogens is 393 g/mol. The van der Waals surface area contributed by atoms with E-state index in [0.29, 0.717) is 26.2 Å². The highest BCUT2D eigenvalue weighted by Crippen LogP contribution is 2.49. The molecule has 2 fully saturated rings. The zero-order valence-corrected chi connectivity index (χ0v) is 18.8. The number of methoxy groups -OCH3 is 1. The highest BCUT2D eigenvalue weighted by atomic mass is 32.2. The van der Waals surface area contributed by atoms with Crippen molar-refractivity contribution in [2.75, 3.05) is 26.9 Å². The lowest BCUT2D eigenvalue weighted by Crippen LogP contribution is -2.55. The molecule has 2 unspecified atom stereocenters. The summed E-state index contributed by atoms with van der Waals surface area (Å²) >= 11 is 0. The molecule has 1 heterocycles. The SMILES string of the molecule is COCCC(NS(=O)C(C)(C)C)C1(c2ccc(F)cc2)CCC2(CC1)OCCO2. The molecule has 5 nitrogen and oxygen atoms in total. The molecule has 3 rings (SSSR count). The van der Waals surface area contributed by atoms with Crippen LogP contribution in [0.3, 0.4) is 0 Å². The Hall–Kier alpha value is -0.860. The number of nitrogens with one attached hydrogen (secondary N) is 1. The summed E-state index contributed by atoms with van der Waals surface area (Å²) in [7, 11) is 0.450. The Morgan fingerprint density at radius 2 is 1.72 bits per heavy atom. The predicted octanol–water partition coefficient (Wildman–Crippen LogP) is 3.84. The first kappa shape index (κ1) is 22.8. The standard InChI is InChI=1S/C22H34FNO4S/c1-20(2,3)29(25)24-19(9-14-26-4)21(17-5-7-18(23)8-6-17)10-12-22(13-11-21)27-15-16-28-22/h5-8,19,24H,9-16H2,1-4H3. The van der Waals surface area contributed by atoms with Gasteiger partial charge in [-0.1, -0.05) is 12.1 Å². The minimum absolute atomic E-state index is 0.0771. The Labute approximate surface area is 176 Å². The fourth-order valence-electron chi connectivity index (χ4n) is 4.47. The van der Waals surface area contributed by atoms with Gasteiger partial charge in [0.2, 0.25) is 0 Å². The van der Waals surface area contributed by atoms with Gasteiger partial charge in [0.05, 0.1) is 28.9 Å². The number of rotatable bonds is 7. The second kappa shape index (κ2) is 9.10. The summed E-state index contributed by atoms with van der Waals surface area (Å²) in [5, 5.41) is 0. The van der Waals surface area contributed by atoms with Gasteiger partial charge in [-0.3, -0.25) is 0 Å². The van der Waals surface area contributed by atoms with Crippen LogP contribution in [-0.4, -0.2) is 47.7 Å². The molecule has 1 saturated carbocycles. The maximum absolute atomic E-state index is 13.7. The number of halogens is 1. The first-order chi connectivity index (χ1) is 13.7. The van der Waals surface area contributed by atoms with E-state index in [2.05, 4.69) is 4.72 Å². The molecule has 1 aliphatic heterocycles. The third-order valence-electron chi connectivity index (χ3n) is 6.22. The van der Waals surface area contributed by atoms with Crippen molar-refractivity contribution in [1.82, 2.24) is 4.72 Å². The summed E-state index contributed by atoms with van der Waals surface area (Å²) in [6, 6.07) is 6.68. The molecule has 1 aromatic carbocycles. The lowest BCUT2D eigenvalue weighted by atomic mass is 9.63. The van der Waals surface area contributed by atoms with Gasteiger partial charge in [0, 0.05) is 38.0 Å². The predicted molar refractivity (Wildman–Crippen MR) is 112 cm³/mol. The summed E-state index contributed by atoms with van der Waals surface area (Å²) in [5.74, 6) is -0.753. The van der Waals surface area contributed by atoms with Gasteiger partial charge in [-0.2, -0.15) is 0 Å². The molecule has 1 aliphatic carbocycles. The summed E-state index contributed by atoms with van der Waals surface area (Å²) in [6.45, 7) is 7.70. The van der Waals surface area contributed by atoms with Gasteiger partial charge in [-0.15, -0.1) is 0 Å². The maximum atomic E-state index is 13.7. The molecule has 1 saturated heterocycles. The fraction of sp³-hybridized carbons (Fsp3) is 0.727. The van der Waals surface area contributed by atoms with Crippen LogP contribution in [0.25, 0.3) is 0 Å². The highest BCUT2D eigenvalue weighted by molar-refractivity contribution is 7.84. The van der Waals surface area contributed by atoms with E-state index in [1.54, 1.807) is 7.11 Å². The Kier molecular flexibility index (Phi) is 7.16. The van der Waals surface area contributed by atoms with Gasteiger partial charge < -0.3 is 14.2 Å². The number of ether oxygens (including phenoxy) is 3. The van der Waals surface area contributed by atoms with Crippen LogP contribution in [0, 0.1) is 5.82 Å². The number of hydrogen-bond donors (Lipinski definition) is 1. The number of hydrogen-bond acceptors (Lipinski definition) is 4. The van der Waals surface area contributed by atoms with E-state index in [-0.39, 0.29) is 22.0 Å². The van der Waals surface area contributed by atoms with Crippen LogP contribution < -0.4 is 4.72 Å². The molecule has 2 atom stereocenters.